The van der Waals surface area contributed by atoms with E-state index in [1.807, 2.05) is 0 Å². The van der Waals surface area contributed by atoms with Gasteiger partial charge in [0.25, 0.3) is 0 Å². The van der Waals surface area contributed by atoms with Gasteiger partial charge in [-0.25, -0.2) is 0 Å². The summed E-state index contributed by atoms with van der Waals surface area (Å²) in [6, 6.07) is 0. The SMILES string of the molecule is FC(F)(Cl)C(F)(F)C(F)(F)C(F)(F)C(F)(F)C(F)(F)C(F)(F)C(F)(F)C(F)(F)C(F)(F)C(F)(F)C(F)(F)I. The highest BCUT2D eigenvalue weighted by Crippen LogP contribution is 2.68. The van der Waals surface area contributed by atoms with Gasteiger partial charge in [-0.05, 0) is 11.6 Å². The molecule has 0 aromatic carbocycles. The molecule has 0 saturated carbocycles. The summed E-state index contributed by atoms with van der Waals surface area (Å²) in [5.74, 6) is -89.7. The maximum absolute atomic E-state index is 13.5. The van der Waals surface area contributed by atoms with Crippen molar-refractivity contribution in [1.82, 2.24) is 0 Å². The topological polar surface area (TPSA) is 0 Å². The zero-order valence-electron chi connectivity index (χ0n) is 15.8. The summed E-state index contributed by atoms with van der Waals surface area (Å²) in [6.07, 6.45) is 0. The fourth-order valence-corrected chi connectivity index (χ4v) is 2.39. The van der Waals surface area contributed by atoms with Crippen LogP contribution in [0.4, 0.5) is 105 Å². The summed E-state index contributed by atoms with van der Waals surface area (Å²) >= 11 is 1.99. The Labute approximate surface area is 208 Å². The second-order valence-corrected chi connectivity index (χ2v) is 8.57. The molecule has 0 radical (unpaired) electrons. The fourth-order valence-electron chi connectivity index (χ4n) is 1.93. The first kappa shape index (κ1) is 37.3. The molecule has 0 saturated heterocycles. The van der Waals surface area contributed by atoms with Gasteiger partial charge in [0.05, 0.1) is 0 Å². The van der Waals surface area contributed by atoms with Crippen LogP contribution in [0.3, 0.4) is 0 Å². The van der Waals surface area contributed by atoms with Crippen LogP contribution < -0.4 is 0 Å². The smallest absolute Gasteiger partial charge is 0.192 e. The Morgan fingerprint density at radius 1 is 0.263 bits per heavy atom. The first-order valence-electron chi connectivity index (χ1n) is 7.66. The van der Waals surface area contributed by atoms with E-state index in [0.29, 0.717) is 0 Å². The summed E-state index contributed by atoms with van der Waals surface area (Å²) < 4.78 is 308. The average molecular weight is 762 g/mol. The largest absolute Gasteiger partial charge is 0.393 e. The van der Waals surface area contributed by atoms with E-state index >= 15 is 0 Å². The Morgan fingerprint density at radius 2 is 0.395 bits per heavy atom. The summed E-state index contributed by atoms with van der Waals surface area (Å²) in [5.41, 5.74) is 0. The minimum atomic E-state index is -9.48. The van der Waals surface area contributed by atoms with Crippen LogP contribution in [0.25, 0.3) is 0 Å². The van der Waals surface area contributed by atoms with Gasteiger partial charge >= 0.3 is 68.5 Å². The van der Waals surface area contributed by atoms with Crippen LogP contribution in [0.5, 0.6) is 0 Å². The van der Waals surface area contributed by atoms with Crippen molar-refractivity contribution in [2.75, 3.05) is 0 Å². The van der Waals surface area contributed by atoms with Crippen LogP contribution in [0.2, 0.25) is 0 Å². The Bertz CT molecular complexity index is 804. The monoisotopic (exact) mass is 762 g/mol. The van der Waals surface area contributed by atoms with Gasteiger partial charge in [-0.1, -0.05) is 0 Å². The van der Waals surface area contributed by atoms with Crippen LogP contribution >= 0.6 is 34.2 Å². The van der Waals surface area contributed by atoms with Gasteiger partial charge in [0.2, 0.25) is 0 Å². The fraction of sp³-hybridized carbons (Fsp3) is 1.00. The van der Waals surface area contributed by atoms with E-state index in [4.69, 9.17) is 0 Å². The van der Waals surface area contributed by atoms with Crippen LogP contribution in [0.15, 0.2) is 0 Å². The molecule has 0 nitrogen and oxygen atoms in total. The first-order valence-corrected chi connectivity index (χ1v) is 9.12. The van der Waals surface area contributed by atoms with Crippen LogP contribution in [-0.4, -0.2) is 68.5 Å². The lowest BCUT2D eigenvalue weighted by molar-refractivity contribution is -0.474. The Kier molecular flexibility index (Phi) is 8.76. The predicted octanol–water partition coefficient (Wildman–Crippen LogP) is 9.20. The lowest BCUT2D eigenvalue weighted by Gasteiger charge is -2.45. The molecule has 230 valence electrons. The lowest BCUT2D eigenvalue weighted by atomic mass is 9.85. The zero-order valence-corrected chi connectivity index (χ0v) is 18.7. The number of hydrogen-bond donors (Lipinski definition) is 0. The van der Waals surface area contributed by atoms with Gasteiger partial charge in [0, 0.05) is 22.6 Å². The maximum atomic E-state index is 13.5. The van der Waals surface area contributed by atoms with Crippen LogP contribution in [-0.2, 0) is 0 Å². The maximum Gasteiger partial charge on any atom is 0.393 e. The summed E-state index contributed by atoms with van der Waals surface area (Å²) in [4.78, 5) is 0. The van der Waals surface area contributed by atoms with Crippen molar-refractivity contribution in [3.63, 3.8) is 0 Å². The molecule has 26 heteroatoms. The molecule has 0 rings (SSSR count). The van der Waals surface area contributed by atoms with Gasteiger partial charge in [-0.15, -0.1) is 0 Å². The second kappa shape index (κ2) is 8.92. The predicted molar refractivity (Wildman–Crippen MR) is 79.2 cm³/mol. The third-order valence-electron chi connectivity index (χ3n) is 4.26. The molecule has 0 atom stereocenters. The molecule has 0 aromatic heterocycles. The molecule has 0 bridgehead atoms. The van der Waals surface area contributed by atoms with E-state index in [1.165, 1.54) is 0 Å². The lowest BCUT2D eigenvalue weighted by Crippen LogP contribution is -2.78. The highest BCUT2D eigenvalue weighted by atomic mass is 127. The highest BCUT2D eigenvalue weighted by Gasteiger charge is 2.99. The first-order chi connectivity index (χ1) is 15.8. The van der Waals surface area contributed by atoms with E-state index < -0.39 is 91.1 Å². The number of alkyl halides is 26. The molecule has 0 aliphatic rings. The van der Waals surface area contributed by atoms with Gasteiger partial charge in [-0.2, -0.15) is 105 Å². The van der Waals surface area contributed by atoms with E-state index in [9.17, 15) is 105 Å². The van der Waals surface area contributed by atoms with Crippen molar-refractivity contribution in [3.05, 3.63) is 0 Å². The Morgan fingerprint density at radius 3 is 0.526 bits per heavy atom. The molecule has 0 N–H and O–H groups in total. The van der Waals surface area contributed by atoms with E-state index in [0.717, 1.165) is 0 Å². The zero-order chi connectivity index (χ0) is 32.0. The summed E-state index contributed by atoms with van der Waals surface area (Å²) in [7, 11) is 0. The average Bonchev–Trinajstić information content (AvgIpc) is 2.64. The van der Waals surface area contributed by atoms with Crippen LogP contribution in [0, 0.1) is 0 Å². The minimum Gasteiger partial charge on any atom is -0.192 e. The van der Waals surface area contributed by atoms with Gasteiger partial charge in [0.15, 0.2) is 0 Å². The van der Waals surface area contributed by atoms with E-state index in [-0.39, 0.29) is 0 Å². The Hall–Kier alpha value is -0.660. The highest BCUT2D eigenvalue weighted by molar-refractivity contribution is 14.1. The minimum absolute atomic E-state index is 1.23. The molecule has 0 fully saturated rings. The number of halogens is 26. The quantitative estimate of drug-likeness (QED) is 0.112. The molecule has 38 heavy (non-hydrogen) atoms. The molecule has 0 heterocycles. The van der Waals surface area contributed by atoms with Crippen molar-refractivity contribution in [3.8, 4) is 0 Å². The molecule has 0 aliphatic heterocycles. The molecule has 0 unspecified atom stereocenters. The van der Waals surface area contributed by atoms with Crippen molar-refractivity contribution in [2.24, 2.45) is 0 Å². The molecule has 0 aromatic rings. The molecule has 0 spiro atoms. The van der Waals surface area contributed by atoms with Crippen molar-refractivity contribution in [2.45, 2.75) is 68.5 Å². The van der Waals surface area contributed by atoms with E-state index in [1.54, 1.807) is 0 Å². The van der Waals surface area contributed by atoms with Gasteiger partial charge < -0.3 is 0 Å². The standard InChI is InChI=1S/C12ClF24I/c13-11(34,35)9(30,31)7(26,27)5(22,23)3(18,19)1(14,15)2(16,17)4(20,21)6(24,25)8(28,29)10(32,33)12(36,37)38. The molecule has 0 aliphatic carbocycles. The van der Waals surface area contributed by atoms with E-state index in [2.05, 4.69) is 11.6 Å². The molecule has 0 amide bonds. The third kappa shape index (κ3) is 4.31. The third-order valence-corrected chi connectivity index (χ3v) is 5.18. The molecular formula is C12ClF24I. The molecular weight excluding hydrogens is 762 g/mol. The normalized spacial score (nSPS) is 17.2. The summed E-state index contributed by atoms with van der Waals surface area (Å²) in [6.45, 7) is 0. The second-order valence-electron chi connectivity index (χ2n) is 6.74. The van der Waals surface area contributed by atoms with Gasteiger partial charge in [0.1, 0.15) is 0 Å². The number of rotatable bonds is 11. The van der Waals surface area contributed by atoms with Crippen molar-refractivity contribution >= 4 is 34.2 Å². The van der Waals surface area contributed by atoms with Crippen molar-refractivity contribution in [1.29, 1.82) is 0 Å². The van der Waals surface area contributed by atoms with Gasteiger partial charge in [-0.3, -0.25) is 0 Å². The summed E-state index contributed by atoms with van der Waals surface area (Å²) in [5, 5.41) is -7.18. The van der Waals surface area contributed by atoms with Crippen LogP contribution in [0.1, 0.15) is 0 Å². The Balaban J connectivity index is 7.29. The van der Waals surface area contributed by atoms with Crippen molar-refractivity contribution < 1.29 is 105 Å². The number of hydrogen-bond acceptors (Lipinski definition) is 0.